The second kappa shape index (κ2) is 5.64. The minimum absolute atomic E-state index is 0.141. The van der Waals surface area contributed by atoms with E-state index in [4.69, 9.17) is 0 Å². The topological polar surface area (TPSA) is 35.6 Å². The first-order chi connectivity index (χ1) is 7.79. The number of nitrogens with one attached hydrogen (secondary N) is 1. The van der Waals surface area contributed by atoms with Crippen molar-refractivity contribution in [2.75, 3.05) is 39.8 Å². The van der Waals surface area contributed by atoms with Crippen molar-refractivity contribution in [2.24, 2.45) is 0 Å². The van der Waals surface area contributed by atoms with Gasteiger partial charge in [-0.3, -0.25) is 14.6 Å². The molecule has 4 nitrogen and oxygen atoms in total. The van der Waals surface area contributed by atoms with E-state index in [0.29, 0.717) is 12.6 Å². The molecular weight excluding hydrogens is 202 g/mol. The quantitative estimate of drug-likeness (QED) is 0.750. The van der Waals surface area contributed by atoms with Gasteiger partial charge in [-0.15, -0.1) is 0 Å². The molecule has 4 heteroatoms. The van der Waals surface area contributed by atoms with Gasteiger partial charge in [0.2, 0.25) is 5.91 Å². The average molecular weight is 225 g/mol. The Kier molecular flexibility index (Phi) is 4.18. The minimum Gasteiger partial charge on any atom is -0.358 e. The lowest BCUT2D eigenvalue weighted by molar-refractivity contribution is -0.122. The summed E-state index contributed by atoms with van der Waals surface area (Å²) in [6, 6.07) is 0.695. The summed E-state index contributed by atoms with van der Waals surface area (Å²) in [5.74, 6) is 0.141. The fourth-order valence-corrected chi connectivity index (χ4v) is 2.86. The largest absolute Gasteiger partial charge is 0.358 e. The Labute approximate surface area is 98.0 Å². The van der Waals surface area contributed by atoms with Crippen molar-refractivity contribution in [2.45, 2.75) is 31.7 Å². The zero-order valence-corrected chi connectivity index (χ0v) is 10.2. The van der Waals surface area contributed by atoms with Crippen LogP contribution in [0.25, 0.3) is 0 Å². The van der Waals surface area contributed by atoms with Crippen molar-refractivity contribution in [3.8, 4) is 0 Å². The molecule has 0 spiro atoms. The van der Waals surface area contributed by atoms with Crippen LogP contribution in [0.1, 0.15) is 25.7 Å². The molecule has 2 aliphatic heterocycles. The zero-order chi connectivity index (χ0) is 11.4. The maximum Gasteiger partial charge on any atom is 0.233 e. The van der Waals surface area contributed by atoms with Crippen LogP contribution in [0.5, 0.6) is 0 Å². The number of rotatable bonds is 3. The molecular formula is C12H23N3O. The zero-order valence-electron chi connectivity index (χ0n) is 10.2. The summed E-state index contributed by atoms with van der Waals surface area (Å²) < 4.78 is 0. The van der Waals surface area contributed by atoms with Gasteiger partial charge in [0.25, 0.3) is 0 Å². The number of hydrogen-bond donors (Lipinski definition) is 1. The van der Waals surface area contributed by atoms with Crippen LogP contribution in [0.15, 0.2) is 0 Å². The molecule has 0 bridgehead atoms. The van der Waals surface area contributed by atoms with Gasteiger partial charge in [-0.1, -0.05) is 0 Å². The molecule has 1 amide bonds. The van der Waals surface area contributed by atoms with Crippen LogP contribution >= 0.6 is 0 Å². The van der Waals surface area contributed by atoms with Crippen molar-refractivity contribution in [1.29, 1.82) is 0 Å². The molecule has 0 aromatic carbocycles. The Morgan fingerprint density at radius 1 is 1.25 bits per heavy atom. The van der Waals surface area contributed by atoms with E-state index in [-0.39, 0.29) is 5.91 Å². The molecule has 2 rings (SSSR count). The number of piperidine rings is 1. The van der Waals surface area contributed by atoms with Gasteiger partial charge in [-0.2, -0.15) is 0 Å². The van der Waals surface area contributed by atoms with Gasteiger partial charge in [0.15, 0.2) is 0 Å². The molecule has 1 unspecified atom stereocenters. The van der Waals surface area contributed by atoms with Gasteiger partial charge < -0.3 is 5.32 Å². The number of carbonyl (C=O) groups excluding carboxylic acids is 1. The summed E-state index contributed by atoms with van der Waals surface area (Å²) in [7, 11) is 1.71. The fraction of sp³-hybridized carbons (Fsp3) is 0.917. The lowest BCUT2D eigenvalue weighted by Gasteiger charge is -2.37. The van der Waals surface area contributed by atoms with E-state index in [2.05, 4.69) is 15.1 Å². The number of amides is 1. The Hall–Kier alpha value is -0.610. The SMILES string of the molecule is CNC(=O)CN1CCCC(N2CCCC2)C1. The first-order valence-electron chi connectivity index (χ1n) is 6.46. The predicted octanol–water partition coefficient (Wildman–Crippen LogP) is 0.293. The first kappa shape index (κ1) is 11.9. The molecule has 0 radical (unpaired) electrons. The molecule has 92 valence electrons. The van der Waals surface area contributed by atoms with Crippen LogP contribution in [0, 0.1) is 0 Å². The highest BCUT2D eigenvalue weighted by molar-refractivity contribution is 5.77. The summed E-state index contributed by atoms with van der Waals surface area (Å²) in [5.41, 5.74) is 0. The third-order valence-electron chi connectivity index (χ3n) is 3.78. The standard InChI is InChI=1S/C12H23N3O/c1-13-12(16)10-14-6-4-5-11(9-14)15-7-2-3-8-15/h11H,2-10H2,1H3,(H,13,16). The van der Waals surface area contributed by atoms with E-state index in [1.54, 1.807) is 7.05 Å². The first-order valence-corrected chi connectivity index (χ1v) is 6.46. The summed E-state index contributed by atoms with van der Waals surface area (Å²) in [6.45, 7) is 5.25. The van der Waals surface area contributed by atoms with E-state index in [9.17, 15) is 4.79 Å². The highest BCUT2D eigenvalue weighted by Gasteiger charge is 2.27. The monoisotopic (exact) mass is 225 g/mol. The number of likely N-dealkylation sites (tertiary alicyclic amines) is 2. The van der Waals surface area contributed by atoms with Crippen molar-refractivity contribution < 1.29 is 4.79 Å². The Morgan fingerprint density at radius 3 is 2.69 bits per heavy atom. The highest BCUT2D eigenvalue weighted by Crippen LogP contribution is 2.20. The molecule has 2 fully saturated rings. The van der Waals surface area contributed by atoms with Crippen LogP contribution in [-0.4, -0.2) is 61.5 Å². The van der Waals surface area contributed by atoms with Crippen LogP contribution in [0.2, 0.25) is 0 Å². The van der Waals surface area contributed by atoms with Crippen molar-refractivity contribution in [1.82, 2.24) is 15.1 Å². The van der Waals surface area contributed by atoms with Crippen LogP contribution in [-0.2, 0) is 4.79 Å². The second-order valence-corrected chi connectivity index (χ2v) is 4.95. The van der Waals surface area contributed by atoms with Crippen LogP contribution < -0.4 is 5.32 Å². The third kappa shape index (κ3) is 2.95. The summed E-state index contributed by atoms with van der Waals surface area (Å²) in [6.07, 6.45) is 5.25. The van der Waals surface area contributed by atoms with Crippen LogP contribution in [0.4, 0.5) is 0 Å². The Bertz CT molecular complexity index is 238. The minimum atomic E-state index is 0.141. The molecule has 0 aromatic heterocycles. The van der Waals surface area contributed by atoms with Gasteiger partial charge in [-0.25, -0.2) is 0 Å². The van der Waals surface area contributed by atoms with Gasteiger partial charge in [0.05, 0.1) is 6.54 Å². The van der Waals surface area contributed by atoms with E-state index < -0.39 is 0 Å². The maximum absolute atomic E-state index is 11.3. The summed E-state index contributed by atoms with van der Waals surface area (Å²) in [5, 5.41) is 2.70. The Balaban J connectivity index is 1.81. The van der Waals surface area contributed by atoms with E-state index in [1.165, 1.54) is 38.8 Å². The maximum atomic E-state index is 11.3. The van der Waals surface area contributed by atoms with E-state index in [1.807, 2.05) is 0 Å². The van der Waals surface area contributed by atoms with Gasteiger partial charge in [0.1, 0.15) is 0 Å². The average Bonchev–Trinajstić information content (AvgIpc) is 2.83. The lowest BCUT2D eigenvalue weighted by Crippen LogP contribution is -2.49. The summed E-state index contributed by atoms with van der Waals surface area (Å²) in [4.78, 5) is 16.2. The summed E-state index contributed by atoms with van der Waals surface area (Å²) >= 11 is 0. The number of hydrogen-bond acceptors (Lipinski definition) is 3. The molecule has 1 N–H and O–H groups in total. The van der Waals surface area contributed by atoms with Crippen molar-refractivity contribution in [3.63, 3.8) is 0 Å². The number of carbonyl (C=O) groups is 1. The van der Waals surface area contributed by atoms with E-state index >= 15 is 0 Å². The van der Waals surface area contributed by atoms with Crippen molar-refractivity contribution >= 4 is 5.91 Å². The Morgan fingerprint density at radius 2 is 2.00 bits per heavy atom. The molecule has 0 aliphatic carbocycles. The second-order valence-electron chi connectivity index (χ2n) is 4.95. The fourth-order valence-electron chi connectivity index (χ4n) is 2.86. The number of nitrogens with zero attached hydrogens (tertiary/aromatic N) is 2. The lowest BCUT2D eigenvalue weighted by atomic mass is 10.0. The highest BCUT2D eigenvalue weighted by atomic mass is 16.1. The molecule has 2 saturated heterocycles. The van der Waals surface area contributed by atoms with Crippen molar-refractivity contribution in [3.05, 3.63) is 0 Å². The van der Waals surface area contributed by atoms with Gasteiger partial charge >= 0.3 is 0 Å². The normalized spacial score (nSPS) is 28.2. The number of likely N-dealkylation sites (N-methyl/N-ethyl adjacent to an activating group) is 1. The smallest absolute Gasteiger partial charge is 0.233 e. The molecule has 16 heavy (non-hydrogen) atoms. The molecule has 1 atom stereocenters. The predicted molar refractivity (Wildman–Crippen MR) is 64.3 cm³/mol. The molecule has 2 heterocycles. The van der Waals surface area contributed by atoms with Gasteiger partial charge in [-0.05, 0) is 45.3 Å². The molecule has 2 aliphatic rings. The van der Waals surface area contributed by atoms with Crippen LogP contribution in [0.3, 0.4) is 0 Å². The molecule has 0 aromatic rings. The van der Waals surface area contributed by atoms with E-state index in [0.717, 1.165) is 13.1 Å². The van der Waals surface area contributed by atoms with Gasteiger partial charge in [0, 0.05) is 19.6 Å². The third-order valence-corrected chi connectivity index (χ3v) is 3.78. The molecule has 0 saturated carbocycles.